The minimum Gasteiger partial charge on any atom is -0.388 e. The third kappa shape index (κ3) is 4.20. The first-order chi connectivity index (χ1) is 11.3. The van der Waals surface area contributed by atoms with Gasteiger partial charge >= 0.3 is 0 Å². The molecule has 0 saturated carbocycles. The first kappa shape index (κ1) is 14.8. The lowest BCUT2D eigenvalue weighted by molar-refractivity contribution is 0.124. The highest BCUT2D eigenvalue weighted by Gasteiger charge is 2.06. The molecule has 0 amide bonds. The van der Waals surface area contributed by atoms with E-state index in [9.17, 15) is 0 Å². The van der Waals surface area contributed by atoms with Crippen LogP contribution in [-0.2, 0) is 17.9 Å². The second-order valence-electron chi connectivity index (χ2n) is 5.07. The van der Waals surface area contributed by atoms with Gasteiger partial charge in [0.05, 0.1) is 0 Å². The third-order valence-corrected chi connectivity index (χ3v) is 3.24. The number of nitrogens with two attached hydrogens (primary N) is 1. The largest absolute Gasteiger partial charge is 0.388 e. The van der Waals surface area contributed by atoms with Gasteiger partial charge in [-0.3, -0.25) is 0 Å². The molecule has 0 aliphatic rings. The Balaban J connectivity index is 1.55. The van der Waals surface area contributed by atoms with Crippen molar-refractivity contribution in [2.24, 2.45) is 10.9 Å². The lowest BCUT2D eigenvalue weighted by Crippen LogP contribution is -2.15. The van der Waals surface area contributed by atoms with Crippen LogP contribution in [0.1, 0.15) is 11.3 Å². The van der Waals surface area contributed by atoms with Crippen LogP contribution in [0.5, 0.6) is 0 Å². The molecule has 1 aromatic heterocycles. The van der Waals surface area contributed by atoms with Crippen LogP contribution < -0.4 is 5.73 Å². The summed E-state index contributed by atoms with van der Waals surface area (Å²) in [4.78, 5) is 5.24. The lowest BCUT2D eigenvalue weighted by Gasteiger charge is -2.01. The highest BCUT2D eigenvalue weighted by molar-refractivity contribution is 5.82. The normalized spacial score (nSPS) is 11.4. The zero-order valence-corrected chi connectivity index (χ0v) is 12.6. The van der Waals surface area contributed by atoms with E-state index in [1.54, 1.807) is 0 Å². The van der Waals surface area contributed by atoms with E-state index in [-0.39, 0.29) is 6.61 Å². The molecular weight excluding hydrogens is 290 g/mol. The minimum absolute atomic E-state index is 0.214. The van der Waals surface area contributed by atoms with Gasteiger partial charge in [0.1, 0.15) is 11.5 Å². The Hall–Kier alpha value is -3.08. The molecule has 0 spiro atoms. The van der Waals surface area contributed by atoms with Gasteiger partial charge < -0.3 is 15.1 Å². The SMILES string of the molecule is N/C(Cc1ccccc1)=N\OCc1cc(-c2ccccc2)on1. The number of rotatable bonds is 6. The topological polar surface area (TPSA) is 73.6 Å². The van der Waals surface area contributed by atoms with Gasteiger partial charge in [0.15, 0.2) is 12.4 Å². The fourth-order valence-corrected chi connectivity index (χ4v) is 2.14. The quantitative estimate of drug-likeness (QED) is 0.430. The standard InChI is InChI=1S/C18H17N3O2/c19-18(11-14-7-3-1-4-8-14)21-22-13-16-12-17(23-20-16)15-9-5-2-6-10-15/h1-10,12H,11,13H2,(H2,19,21). The molecule has 2 N–H and O–H groups in total. The predicted molar refractivity (Wildman–Crippen MR) is 88.5 cm³/mol. The van der Waals surface area contributed by atoms with Crippen molar-refractivity contribution in [3.63, 3.8) is 0 Å². The Morgan fingerprint density at radius 1 is 1.04 bits per heavy atom. The van der Waals surface area contributed by atoms with E-state index in [4.69, 9.17) is 15.1 Å². The van der Waals surface area contributed by atoms with Crippen molar-refractivity contribution in [1.29, 1.82) is 0 Å². The van der Waals surface area contributed by atoms with Gasteiger partial charge in [-0.15, -0.1) is 0 Å². The second kappa shape index (κ2) is 7.26. The van der Waals surface area contributed by atoms with E-state index in [1.165, 1.54) is 0 Å². The monoisotopic (exact) mass is 307 g/mol. The van der Waals surface area contributed by atoms with Gasteiger partial charge in [-0.05, 0) is 5.56 Å². The molecule has 0 aliphatic heterocycles. The molecule has 0 unspecified atom stereocenters. The summed E-state index contributed by atoms with van der Waals surface area (Å²) in [5.41, 5.74) is 8.57. The Kier molecular flexibility index (Phi) is 4.69. The van der Waals surface area contributed by atoms with Crippen molar-refractivity contribution >= 4 is 5.84 Å². The van der Waals surface area contributed by atoms with Crippen molar-refractivity contribution in [3.05, 3.63) is 78.0 Å². The van der Waals surface area contributed by atoms with Crippen LogP contribution >= 0.6 is 0 Å². The first-order valence-electron chi connectivity index (χ1n) is 7.30. The summed E-state index contributed by atoms with van der Waals surface area (Å²) in [6, 6.07) is 21.5. The Morgan fingerprint density at radius 3 is 2.48 bits per heavy atom. The number of nitrogens with zero attached hydrogens (tertiary/aromatic N) is 2. The molecule has 3 rings (SSSR count). The number of hydrogen-bond acceptors (Lipinski definition) is 4. The van der Waals surface area contributed by atoms with Crippen molar-refractivity contribution in [1.82, 2.24) is 5.16 Å². The van der Waals surface area contributed by atoms with Crippen LogP contribution in [0, 0.1) is 0 Å². The fraction of sp³-hybridized carbons (Fsp3) is 0.111. The van der Waals surface area contributed by atoms with Crippen molar-refractivity contribution in [2.75, 3.05) is 0 Å². The summed E-state index contributed by atoms with van der Waals surface area (Å²) in [5, 5.41) is 7.87. The second-order valence-corrected chi connectivity index (χ2v) is 5.07. The summed E-state index contributed by atoms with van der Waals surface area (Å²) in [5.74, 6) is 1.12. The molecule has 2 aromatic carbocycles. The van der Waals surface area contributed by atoms with Crippen molar-refractivity contribution in [2.45, 2.75) is 13.0 Å². The van der Waals surface area contributed by atoms with Crippen LogP contribution in [0.15, 0.2) is 76.4 Å². The maximum absolute atomic E-state index is 5.85. The van der Waals surface area contributed by atoms with E-state index in [0.29, 0.717) is 23.7 Å². The van der Waals surface area contributed by atoms with Crippen LogP contribution in [0.2, 0.25) is 0 Å². The van der Waals surface area contributed by atoms with Crippen molar-refractivity contribution < 1.29 is 9.36 Å². The number of benzene rings is 2. The molecular formula is C18H17N3O2. The molecule has 0 bridgehead atoms. The summed E-state index contributed by atoms with van der Waals surface area (Å²) in [6.07, 6.45) is 0.551. The van der Waals surface area contributed by atoms with E-state index in [1.807, 2.05) is 66.7 Å². The van der Waals surface area contributed by atoms with Gasteiger partial charge in [-0.1, -0.05) is 71.0 Å². The van der Waals surface area contributed by atoms with Gasteiger partial charge in [0.25, 0.3) is 0 Å². The molecule has 5 heteroatoms. The molecule has 23 heavy (non-hydrogen) atoms. The summed E-state index contributed by atoms with van der Waals surface area (Å²) < 4.78 is 5.29. The first-order valence-corrected chi connectivity index (χ1v) is 7.30. The molecule has 0 aliphatic carbocycles. The molecule has 0 atom stereocenters. The lowest BCUT2D eigenvalue weighted by atomic mass is 10.1. The Bertz CT molecular complexity index is 767. The van der Waals surface area contributed by atoms with Gasteiger partial charge in [-0.25, -0.2) is 0 Å². The molecule has 0 radical (unpaired) electrons. The maximum Gasteiger partial charge on any atom is 0.167 e. The van der Waals surface area contributed by atoms with Gasteiger partial charge in [0, 0.05) is 18.1 Å². The van der Waals surface area contributed by atoms with Gasteiger partial charge in [-0.2, -0.15) is 0 Å². The van der Waals surface area contributed by atoms with Crippen LogP contribution in [0.4, 0.5) is 0 Å². The number of hydrogen-bond donors (Lipinski definition) is 1. The van der Waals surface area contributed by atoms with E-state index in [0.717, 1.165) is 11.1 Å². The van der Waals surface area contributed by atoms with E-state index < -0.39 is 0 Å². The van der Waals surface area contributed by atoms with E-state index in [2.05, 4.69) is 10.3 Å². The van der Waals surface area contributed by atoms with Crippen LogP contribution in [0.25, 0.3) is 11.3 Å². The summed E-state index contributed by atoms with van der Waals surface area (Å²) in [6.45, 7) is 0.214. The minimum atomic E-state index is 0.214. The zero-order valence-electron chi connectivity index (χ0n) is 12.6. The van der Waals surface area contributed by atoms with Crippen LogP contribution in [-0.4, -0.2) is 11.0 Å². The molecule has 0 fully saturated rings. The Morgan fingerprint density at radius 2 is 1.74 bits per heavy atom. The predicted octanol–water partition coefficient (Wildman–Crippen LogP) is 3.37. The molecule has 1 heterocycles. The Labute approximate surface area is 134 Å². The fourth-order valence-electron chi connectivity index (χ4n) is 2.14. The average Bonchev–Trinajstić information content (AvgIpc) is 3.05. The maximum atomic E-state index is 5.85. The smallest absolute Gasteiger partial charge is 0.167 e. The van der Waals surface area contributed by atoms with E-state index >= 15 is 0 Å². The highest BCUT2D eigenvalue weighted by Crippen LogP contribution is 2.19. The molecule has 116 valence electrons. The number of aromatic nitrogens is 1. The average molecular weight is 307 g/mol. The number of amidine groups is 1. The summed E-state index contributed by atoms with van der Waals surface area (Å²) in [7, 11) is 0. The zero-order chi connectivity index (χ0) is 15.9. The van der Waals surface area contributed by atoms with Crippen LogP contribution in [0.3, 0.4) is 0 Å². The summed E-state index contributed by atoms with van der Waals surface area (Å²) >= 11 is 0. The third-order valence-electron chi connectivity index (χ3n) is 3.24. The van der Waals surface area contributed by atoms with Gasteiger partial charge in [0.2, 0.25) is 0 Å². The molecule has 0 saturated heterocycles. The highest BCUT2D eigenvalue weighted by atomic mass is 16.6. The van der Waals surface area contributed by atoms with Crippen molar-refractivity contribution in [3.8, 4) is 11.3 Å². The molecule has 5 nitrogen and oxygen atoms in total. The number of oxime groups is 1. The molecule has 3 aromatic rings.